The molecule has 1 aromatic carbocycles. The smallest absolute Gasteiger partial charge is 0.151 e. The fraction of sp³-hybridized carbons (Fsp3) is 0.333. The second-order valence-electron chi connectivity index (χ2n) is 3.16. The van der Waals surface area contributed by atoms with Crippen molar-refractivity contribution >= 4 is 9.84 Å². The minimum Gasteiger partial charge on any atom is -0.326 e. The van der Waals surface area contributed by atoms with E-state index in [1.807, 2.05) is 0 Å². The van der Waals surface area contributed by atoms with E-state index in [0.717, 1.165) is 6.26 Å². The van der Waals surface area contributed by atoms with Gasteiger partial charge in [-0.2, -0.15) is 0 Å². The van der Waals surface area contributed by atoms with Crippen LogP contribution in [0.5, 0.6) is 0 Å². The van der Waals surface area contributed by atoms with Crippen LogP contribution in [0.1, 0.15) is 11.1 Å². The monoisotopic (exact) mass is 217 g/mol. The summed E-state index contributed by atoms with van der Waals surface area (Å²) in [5, 5.41) is 0. The highest BCUT2D eigenvalue weighted by Gasteiger charge is 2.11. The van der Waals surface area contributed by atoms with Crippen LogP contribution >= 0.6 is 0 Å². The van der Waals surface area contributed by atoms with Crippen LogP contribution in [-0.4, -0.2) is 14.7 Å². The average molecular weight is 217 g/mol. The molecular weight excluding hydrogens is 205 g/mol. The van der Waals surface area contributed by atoms with Gasteiger partial charge in [-0.15, -0.1) is 0 Å². The molecule has 0 saturated heterocycles. The predicted molar refractivity (Wildman–Crippen MR) is 52.8 cm³/mol. The molecule has 5 heteroatoms. The van der Waals surface area contributed by atoms with Crippen LogP contribution in [0.15, 0.2) is 18.2 Å². The Kier molecular flexibility index (Phi) is 3.23. The van der Waals surface area contributed by atoms with E-state index in [2.05, 4.69) is 0 Å². The number of hydrogen-bond acceptors (Lipinski definition) is 3. The number of sulfone groups is 1. The first-order valence-corrected chi connectivity index (χ1v) is 6.14. The highest BCUT2D eigenvalue weighted by atomic mass is 32.2. The van der Waals surface area contributed by atoms with Crippen molar-refractivity contribution in [2.45, 2.75) is 12.3 Å². The first-order valence-electron chi connectivity index (χ1n) is 4.08. The third-order valence-electron chi connectivity index (χ3n) is 1.80. The Labute approximate surface area is 82.7 Å². The molecule has 0 fully saturated rings. The molecule has 0 amide bonds. The third kappa shape index (κ3) is 2.78. The molecule has 1 rings (SSSR count). The molecule has 1 aromatic rings. The summed E-state index contributed by atoms with van der Waals surface area (Å²) in [4.78, 5) is 0. The highest BCUT2D eigenvalue weighted by molar-refractivity contribution is 7.89. The zero-order valence-electron chi connectivity index (χ0n) is 7.83. The van der Waals surface area contributed by atoms with Crippen molar-refractivity contribution in [2.75, 3.05) is 6.26 Å². The minimum absolute atomic E-state index is 0.0729. The van der Waals surface area contributed by atoms with Gasteiger partial charge in [-0.3, -0.25) is 0 Å². The molecule has 0 saturated carbocycles. The van der Waals surface area contributed by atoms with Crippen molar-refractivity contribution in [3.05, 3.63) is 35.1 Å². The lowest BCUT2D eigenvalue weighted by Crippen LogP contribution is -2.07. The van der Waals surface area contributed by atoms with E-state index in [1.165, 1.54) is 6.07 Å². The Hall–Kier alpha value is -0.940. The molecule has 14 heavy (non-hydrogen) atoms. The molecule has 2 N–H and O–H groups in total. The Morgan fingerprint density at radius 1 is 1.36 bits per heavy atom. The number of rotatable bonds is 3. The molecule has 3 nitrogen and oxygen atoms in total. The van der Waals surface area contributed by atoms with Gasteiger partial charge in [-0.1, -0.05) is 18.2 Å². The maximum atomic E-state index is 13.5. The summed E-state index contributed by atoms with van der Waals surface area (Å²) in [5.74, 6) is -0.799. The zero-order valence-corrected chi connectivity index (χ0v) is 8.64. The topological polar surface area (TPSA) is 60.2 Å². The van der Waals surface area contributed by atoms with Gasteiger partial charge in [-0.25, -0.2) is 12.8 Å². The first kappa shape index (κ1) is 11.1. The summed E-state index contributed by atoms with van der Waals surface area (Å²) in [6.07, 6.45) is 1.07. The van der Waals surface area contributed by atoms with Gasteiger partial charge in [0.1, 0.15) is 5.82 Å². The molecule has 0 atom stereocenters. The molecule has 0 spiro atoms. The van der Waals surface area contributed by atoms with Gasteiger partial charge < -0.3 is 5.73 Å². The molecule has 0 heterocycles. The SMILES string of the molecule is CS(=O)(=O)Cc1cccc(CN)c1F. The van der Waals surface area contributed by atoms with E-state index in [1.54, 1.807) is 12.1 Å². The Morgan fingerprint density at radius 2 is 1.93 bits per heavy atom. The van der Waals surface area contributed by atoms with Crippen LogP contribution < -0.4 is 5.73 Å². The van der Waals surface area contributed by atoms with Gasteiger partial charge in [-0.05, 0) is 0 Å². The van der Waals surface area contributed by atoms with Crippen LogP contribution in [0.3, 0.4) is 0 Å². The third-order valence-corrected chi connectivity index (χ3v) is 2.63. The molecule has 0 aliphatic rings. The average Bonchev–Trinajstić information content (AvgIpc) is 2.06. The van der Waals surface area contributed by atoms with E-state index < -0.39 is 15.7 Å². The fourth-order valence-electron chi connectivity index (χ4n) is 1.18. The highest BCUT2D eigenvalue weighted by Crippen LogP contribution is 2.14. The molecule has 0 aliphatic carbocycles. The molecule has 0 bridgehead atoms. The van der Waals surface area contributed by atoms with Gasteiger partial charge in [0.05, 0.1) is 5.75 Å². The molecule has 0 aromatic heterocycles. The number of nitrogens with two attached hydrogens (primary N) is 1. The van der Waals surface area contributed by atoms with E-state index in [-0.39, 0.29) is 17.9 Å². The Morgan fingerprint density at radius 3 is 2.43 bits per heavy atom. The summed E-state index contributed by atoms with van der Waals surface area (Å²) < 4.78 is 35.4. The van der Waals surface area contributed by atoms with E-state index >= 15 is 0 Å². The van der Waals surface area contributed by atoms with Crippen molar-refractivity contribution in [3.8, 4) is 0 Å². The van der Waals surface area contributed by atoms with Gasteiger partial charge in [0.25, 0.3) is 0 Å². The van der Waals surface area contributed by atoms with Crippen LogP contribution in [0.2, 0.25) is 0 Å². The van der Waals surface area contributed by atoms with Crippen LogP contribution in [0, 0.1) is 5.82 Å². The van der Waals surface area contributed by atoms with Gasteiger partial charge in [0.2, 0.25) is 0 Å². The van der Waals surface area contributed by atoms with Crippen LogP contribution in [-0.2, 0) is 22.1 Å². The van der Waals surface area contributed by atoms with E-state index in [4.69, 9.17) is 5.73 Å². The van der Waals surface area contributed by atoms with E-state index in [9.17, 15) is 12.8 Å². The van der Waals surface area contributed by atoms with Crippen molar-refractivity contribution in [1.29, 1.82) is 0 Å². The van der Waals surface area contributed by atoms with E-state index in [0.29, 0.717) is 5.56 Å². The predicted octanol–water partition coefficient (Wildman–Crippen LogP) is 0.829. The maximum absolute atomic E-state index is 13.5. The fourth-order valence-corrected chi connectivity index (χ4v) is 1.97. The molecule has 78 valence electrons. The van der Waals surface area contributed by atoms with Gasteiger partial charge in [0.15, 0.2) is 9.84 Å². The van der Waals surface area contributed by atoms with Crippen molar-refractivity contribution in [2.24, 2.45) is 5.73 Å². The quantitative estimate of drug-likeness (QED) is 0.815. The number of hydrogen-bond donors (Lipinski definition) is 1. The summed E-state index contributed by atoms with van der Waals surface area (Å²) in [6, 6.07) is 4.60. The lowest BCUT2D eigenvalue weighted by molar-refractivity contribution is 0.585. The van der Waals surface area contributed by atoms with Crippen molar-refractivity contribution in [1.82, 2.24) is 0 Å². The normalized spacial score (nSPS) is 11.6. The summed E-state index contributed by atoms with van der Waals surface area (Å²) in [5.41, 5.74) is 5.81. The van der Waals surface area contributed by atoms with Crippen molar-refractivity contribution < 1.29 is 12.8 Å². The maximum Gasteiger partial charge on any atom is 0.151 e. The largest absolute Gasteiger partial charge is 0.326 e. The summed E-state index contributed by atoms with van der Waals surface area (Å²) >= 11 is 0. The lowest BCUT2D eigenvalue weighted by atomic mass is 10.1. The summed E-state index contributed by atoms with van der Waals surface area (Å²) in [7, 11) is -3.21. The van der Waals surface area contributed by atoms with Crippen LogP contribution in [0.25, 0.3) is 0 Å². The Balaban J connectivity index is 3.10. The molecular formula is C9H12FNO2S. The molecule has 0 aliphatic heterocycles. The second kappa shape index (κ2) is 4.06. The summed E-state index contributed by atoms with van der Waals surface area (Å²) in [6.45, 7) is 0.0729. The van der Waals surface area contributed by atoms with Crippen LogP contribution in [0.4, 0.5) is 4.39 Å². The van der Waals surface area contributed by atoms with Gasteiger partial charge in [0, 0.05) is 23.9 Å². The molecule has 0 radical (unpaired) electrons. The number of benzene rings is 1. The minimum atomic E-state index is -3.21. The standard InChI is InChI=1S/C9H12FNO2S/c1-14(12,13)6-8-4-2-3-7(5-11)9(8)10/h2-4H,5-6,11H2,1H3. The lowest BCUT2D eigenvalue weighted by Gasteiger charge is -2.05. The van der Waals surface area contributed by atoms with Crippen molar-refractivity contribution in [3.63, 3.8) is 0 Å². The second-order valence-corrected chi connectivity index (χ2v) is 5.30. The zero-order chi connectivity index (χ0) is 10.8. The first-order chi connectivity index (χ1) is 6.44. The number of halogens is 1. The van der Waals surface area contributed by atoms with Gasteiger partial charge >= 0.3 is 0 Å². The Bertz CT molecular complexity index is 428. The molecule has 0 unspecified atom stereocenters.